The van der Waals surface area contributed by atoms with Crippen molar-refractivity contribution in [2.24, 2.45) is 0 Å². The van der Waals surface area contributed by atoms with E-state index in [1.54, 1.807) is 0 Å². The average Bonchev–Trinajstić information content (AvgIpc) is 3.63. The van der Waals surface area contributed by atoms with E-state index in [1.165, 1.54) is 89.9 Å². The van der Waals surface area contributed by atoms with Gasteiger partial charge in [0.25, 0.3) is 7.82 Å². The molecule has 3 atom stereocenters. The molecule has 0 saturated heterocycles. The molecule has 85 heavy (non-hydrogen) atoms. The maximum Gasteiger partial charge on any atom is 0.306 e. The predicted octanol–water partition coefficient (Wildman–Crippen LogP) is 21.1. The molecule has 0 aromatic carbocycles. The van der Waals surface area contributed by atoms with Gasteiger partial charge in [0.15, 0.2) is 0 Å². The highest BCUT2D eigenvalue weighted by molar-refractivity contribution is 7.45. The van der Waals surface area contributed by atoms with E-state index in [-0.39, 0.29) is 24.9 Å². The number of hydrogen-bond acceptors (Lipinski definition) is 7. The van der Waals surface area contributed by atoms with Gasteiger partial charge >= 0.3 is 5.97 Å². The zero-order valence-corrected chi connectivity index (χ0v) is 56.1. The van der Waals surface area contributed by atoms with Gasteiger partial charge in [0.05, 0.1) is 33.8 Å². The zero-order chi connectivity index (χ0) is 62.1. The highest BCUT2D eigenvalue weighted by Crippen LogP contribution is 2.38. The molecule has 484 valence electrons. The van der Waals surface area contributed by atoms with Gasteiger partial charge in [-0.3, -0.25) is 14.2 Å². The van der Waals surface area contributed by atoms with Crippen LogP contribution in [0.4, 0.5) is 0 Å². The van der Waals surface area contributed by atoms with Crippen molar-refractivity contribution < 1.29 is 37.3 Å². The molecule has 0 aromatic heterocycles. The molecular weight excluding hydrogens is 1070 g/mol. The van der Waals surface area contributed by atoms with Crippen molar-refractivity contribution >= 4 is 19.7 Å². The molecule has 0 heterocycles. The van der Waals surface area contributed by atoms with Gasteiger partial charge in [-0.1, -0.05) is 270 Å². The molecule has 0 aliphatic rings. The van der Waals surface area contributed by atoms with Gasteiger partial charge < -0.3 is 28.5 Å². The number of ether oxygens (including phenoxy) is 1. The minimum absolute atomic E-state index is 0.0378. The molecule has 9 nitrogen and oxygen atoms in total. The number of likely N-dealkylation sites (N-methyl/N-ethyl adjacent to an activating group) is 1. The lowest BCUT2D eigenvalue weighted by atomic mass is 10.0. The summed E-state index contributed by atoms with van der Waals surface area (Å²) in [6.45, 7) is 6.57. The molecule has 0 aromatic rings. The summed E-state index contributed by atoms with van der Waals surface area (Å²) in [5, 5.41) is 3.02. The number of phosphoric ester groups is 1. The van der Waals surface area contributed by atoms with Crippen LogP contribution in [-0.2, 0) is 27.9 Å². The van der Waals surface area contributed by atoms with Gasteiger partial charge in [-0.25, -0.2) is 0 Å². The van der Waals surface area contributed by atoms with E-state index in [1.807, 2.05) is 33.3 Å². The van der Waals surface area contributed by atoms with E-state index >= 15 is 0 Å². The molecule has 0 aliphatic carbocycles. The lowest BCUT2D eigenvalue weighted by Crippen LogP contribution is -2.47. The fraction of sp³-hybridized carbons (Fsp3) is 0.653. The molecule has 0 fully saturated rings. The Morgan fingerprint density at radius 1 is 0.424 bits per heavy atom. The lowest BCUT2D eigenvalue weighted by Gasteiger charge is -2.30. The number of amides is 1. The summed E-state index contributed by atoms with van der Waals surface area (Å²) in [7, 11) is 1.14. The largest absolute Gasteiger partial charge is 0.756 e. The monoisotopic (exact) mass is 1200 g/mol. The van der Waals surface area contributed by atoms with Gasteiger partial charge in [0.1, 0.15) is 19.3 Å². The number of esters is 1. The third kappa shape index (κ3) is 64.2. The summed E-state index contributed by atoms with van der Waals surface area (Å²) >= 11 is 0. The number of allylic oxidation sites excluding steroid dienone is 23. The van der Waals surface area contributed by atoms with Crippen LogP contribution in [-0.4, -0.2) is 69.4 Å². The van der Waals surface area contributed by atoms with Gasteiger partial charge in [-0.2, -0.15) is 0 Å². The summed E-state index contributed by atoms with van der Waals surface area (Å²) in [5.74, 6) is -0.604. The van der Waals surface area contributed by atoms with Crippen LogP contribution >= 0.6 is 7.82 Å². The number of carbonyl (C=O) groups is 2. The number of phosphoric acid groups is 1. The second kappa shape index (κ2) is 62.9. The summed E-state index contributed by atoms with van der Waals surface area (Å²) in [4.78, 5) is 40.1. The van der Waals surface area contributed by atoms with E-state index in [2.05, 4.69) is 160 Å². The maximum absolute atomic E-state index is 13.6. The third-order valence-corrected chi connectivity index (χ3v) is 15.2. The third-order valence-electron chi connectivity index (χ3n) is 14.3. The minimum atomic E-state index is -4.72. The zero-order valence-electron chi connectivity index (χ0n) is 55.3. The van der Waals surface area contributed by atoms with Crippen LogP contribution in [0.2, 0.25) is 0 Å². The van der Waals surface area contributed by atoms with E-state index < -0.39 is 26.6 Å². The Morgan fingerprint density at radius 2 is 0.753 bits per heavy atom. The molecule has 0 radical (unpaired) electrons. The first-order valence-electron chi connectivity index (χ1n) is 34.1. The number of rotatable bonds is 60. The summed E-state index contributed by atoms with van der Waals surface area (Å²) in [6, 6.07) is -0.919. The van der Waals surface area contributed by atoms with Crippen molar-refractivity contribution in [2.45, 2.75) is 277 Å². The summed E-state index contributed by atoms with van der Waals surface area (Å²) in [5.41, 5.74) is 0. The molecule has 0 aliphatic heterocycles. The van der Waals surface area contributed by atoms with Crippen LogP contribution in [0, 0.1) is 0 Å². The number of unbranched alkanes of at least 4 members (excludes halogenated alkanes) is 22. The van der Waals surface area contributed by atoms with Gasteiger partial charge in [0, 0.05) is 12.8 Å². The molecule has 0 saturated carbocycles. The van der Waals surface area contributed by atoms with Gasteiger partial charge in [-0.05, 0) is 128 Å². The van der Waals surface area contributed by atoms with Crippen LogP contribution in [0.25, 0.3) is 0 Å². The normalized spacial score (nSPS) is 14.5. The number of nitrogens with one attached hydrogen (secondary N) is 1. The van der Waals surface area contributed by atoms with Crippen LogP contribution in [0.3, 0.4) is 0 Å². The van der Waals surface area contributed by atoms with Gasteiger partial charge in [0.2, 0.25) is 5.91 Å². The number of carbonyl (C=O) groups excluding carboxylic acids is 2. The molecule has 1 N–H and O–H groups in total. The quantitative estimate of drug-likeness (QED) is 0.0212. The topological polar surface area (TPSA) is 114 Å². The van der Waals surface area contributed by atoms with Crippen molar-refractivity contribution in [1.29, 1.82) is 0 Å². The van der Waals surface area contributed by atoms with E-state index in [0.717, 1.165) is 135 Å². The Balaban J connectivity index is 5.14. The Kier molecular flexibility index (Phi) is 59.9. The fourth-order valence-electron chi connectivity index (χ4n) is 9.08. The minimum Gasteiger partial charge on any atom is -0.756 e. The number of nitrogens with zero attached hydrogens (tertiary/aromatic N) is 1. The molecule has 10 heteroatoms. The maximum atomic E-state index is 13.6. The SMILES string of the molecule is CC/C=C\C/C=C\C/C=C\C/C=C\C/C=C\C/C=C\CCCCC(=O)OC(/C=C\CCCCCCCCCCC)C(COP(=O)([O-])OCC[N+](C)(C)C)NC(=O)CCCCCCCCCCCCC/C=C\C/C=C\C/C=C\C/C=C\C/C=C\CC. The van der Waals surface area contributed by atoms with E-state index in [9.17, 15) is 19.0 Å². The molecule has 3 unspecified atom stereocenters. The lowest BCUT2D eigenvalue weighted by molar-refractivity contribution is -0.870. The molecular formula is C75H127N2O7P. The highest BCUT2D eigenvalue weighted by Gasteiger charge is 2.27. The first-order valence-corrected chi connectivity index (χ1v) is 35.6. The Bertz CT molecular complexity index is 1960. The first kappa shape index (κ1) is 80.9. The Hall–Kier alpha value is -4.11. The van der Waals surface area contributed by atoms with Crippen molar-refractivity contribution in [2.75, 3.05) is 40.9 Å². The number of hydrogen-bond donors (Lipinski definition) is 1. The fourth-order valence-corrected chi connectivity index (χ4v) is 9.80. The second-order valence-corrected chi connectivity index (χ2v) is 25.0. The highest BCUT2D eigenvalue weighted by atomic mass is 31.2. The molecule has 0 spiro atoms. The summed E-state index contributed by atoms with van der Waals surface area (Å²) in [6.07, 6.45) is 91.2. The molecule has 0 bridgehead atoms. The summed E-state index contributed by atoms with van der Waals surface area (Å²) < 4.78 is 30.3. The Labute approximate surface area is 523 Å². The van der Waals surface area contributed by atoms with Crippen molar-refractivity contribution in [3.05, 3.63) is 146 Å². The van der Waals surface area contributed by atoms with Crippen molar-refractivity contribution in [3.63, 3.8) is 0 Å². The second-order valence-electron chi connectivity index (χ2n) is 23.6. The molecule has 1 amide bonds. The van der Waals surface area contributed by atoms with Crippen molar-refractivity contribution in [1.82, 2.24) is 5.32 Å². The average molecular weight is 1200 g/mol. The van der Waals surface area contributed by atoms with Crippen LogP contribution in [0.1, 0.15) is 265 Å². The van der Waals surface area contributed by atoms with E-state index in [0.29, 0.717) is 23.9 Å². The van der Waals surface area contributed by atoms with Crippen LogP contribution in [0.5, 0.6) is 0 Å². The Morgan fingerprint density at radius 3 is 1.14 bits per heavy atom. The van der Waals surface area contributed by atoms with Crippen LogP contribution in [0.15, 0.2) is 146 Å². The number of quaternary nitrogens is 1. The van der Waals surface area contributed by atoms with Crippen LogP contribution < -0.4 is 10.2 Å². The molecule has 0 rings (SSSR count). The van der Waals surface area contributed by atoms with E-state index in [4.69, 9.17) is 13.8 Å². The van der Waals surface area contributed by atoms with Gasteiger partial charge in [-0.15, -0.1) is 0 Å². The first-order chi connectivity index (χ1) is 41.4. The van der Waals surface area contributed by atoms with Crippen molar-refractivity contribution in [3.8, 4) is 0 Å². The smallest absolute Gasteiger partial charge is 0.306 e. The predicted molar refractivity (Wildman–Crippen MR) is 366 cm³/mol. The standard InChI is InChI=1S/C75H127N2O7P/c1-7-10-13-16-19-22-25-27-29-31-33-35-36-37-38-39-40-42-43-45-47-49-52-55-58-61-64-67-74(78)76-72(71-83-85(80,81)82-70-69-77(4,5)6)73(66-63-60-57-54-51-24-21-18-15-12-9-3)84-75(79)68-65-62-59-56-53-50-48-46-44-41-34-32-30-28-26-23-20-17-14-11-8-2/h10-11,13-14,19-20,22-23,27-30,33-35,37-38,41,46,48,53,56,63,66,72-73H,7-9,12,15-18,21,24-26,31-32,36,39-40,42-45,47,49-52,54-55,57-62,64-65,67-71H2,1-6H3,(H-,76,78,80,81)/b13-10-,14-11-,22-19-,23-20-,29-27-,30-28-,35-33-,38-37-,41-34-,48-46-,56-53-,66-63-.